The van der Waals surface area contributed by atoms with Crippen molar-refractivity contribution in [2.45, 2.75) is 37.8 Å². The number of imidazole rings is 1. The number of nitriles is 1. The van der Waals surface area contributed by atoms with Crippen LogP contribution in [0.3, 0.4) is 0 Å². The molecule has 0 aliphatic carbocycles. The van der Waals surface area contributed by atoms with Crippen LogP contribution in [0.15, 0.2) is 54.7 Å². The van der Waals surface area contributed by atoms with Gasteiger partial charge in [-0.05, 0) is 68.1 Å². The number of piperidine rings is 1. The second-order valence-corrected chi connectivity index (χ2v) is 11.3. The van der Waals surface area contributed by atoms with Gasteiger partial charge in [-0.2, -0.15) is 5.26 Å². The lowest BCUT2D eigenvalue weighted by Gasteiger charge is -2.41. The van der Waals surface area contributed by atoms with Crippen molar-refractivity contribution in [3.63, 3.8) is 0 Å². The number of rotatable bonds is 5. The van der Waals surface area contributed by atoms with Gasteiger partial charge in [-0.1, -0.05) is 6.07 Å². The lowest BCUT2D eigenvalue weighted by atomic mass is 10.00. The molecule has 1 atom stereocenters. The predicted molar refractivity (Wildman–Crippen MR) is 156 cm³/mol. The van der Waals surface area contributed by atoms with E-state index in [1.165, 1.54) is 12.1 Å². The fourth-order valence-corrected chi connectivity index (χ4v) is 6.81. The van der Waals surface area contributed by atoms with Crippen LogP contribution in [-0.2, 0) is 4.74 Å². The van der Waals surface area contributed by atoms with Crippen LogP contribution < -0.4 is 9.80 Å². The maximum atomic E-state index is 14.7. The fourth-order valence-electron chi connectivity index (χ4n) is 6.81. The number of halogens is 2. The summed E-state index contributed by atoms with van der Waals surface area (Å²) < 4.78 is 36.1. The van der Waals surface area contributed by atoms with Crippen LogP contribution in [0, 0.1) is 23.0 Å². The highest BCUT2D eigenvalue weighted by Crippen LogP contribution is 2.37. The monoisotopic (exact) mass is 569 g/mol. The van der Waals surface area contributed by atoms with E-state index in [0.29, 0.717) is 35.2 Å². The quantitative estimate of drug-likeness (QED) is 0.328. The van der Waals surface area contributed by atoms with Crippen molar-refractivity contribution in [3.8, 4) is 17.3 Å². The predicted octanol–water partition coefficient (Wildman–Crippen LogP) is 5.19. The van der Waals surface area contributed by atoms with Gasteiger partial charge in [0, 0.05) is 49.9 Å². The van der Waals surface area contributed by atoms with Gasteiger partial charge in [0.25, 0.3) is 0 Å². The Bertz CT molecular complexity index is 1640. The lowest BCUT2D eigenvalue weighted by Crippen LogP contribution is -2.49. The molecule has 2 aromatic heterocycles. The van der Waals surface area contributed by atoms with Crippen molar-refractivity contribution >= 4 is 17.2 Å². The maximum absolute atomic E-state index is 14.7. The van der Waals surface area contributed by atoms with Crippen molar-refractivity contribution in [1.29, 1.82) is 5.26 Å². The molecule has 3 fully saturated rings. The Labute approximate surface area is 243 Å². The van der Waals surface area contributed by atoms with Gasteiger partial charge in [-0.15, -0.1) is 5.10 Å². The van der Waals surface area contributed by atoms with Gasteiger partial charge < -0.3 is 14.5 Å². The van der Waals surface area contributed by atoms with Crippen molar-refractivity contribution < 1.29 is 13.5 Å². The zero-order valence-electron chi connectivity index (χ0n) is 23.4. The summed E-state index contributed by atoms with van der Waals surface area (Å²) in [6.45, 7) is 6.06. The zero-order valence-corrected chi connectivity index (χ0v) is 23.4. The van der Waals surface area contributed by atoms with E-state index in [1.54, 1.807) is 6.20 Å². The Kier molecular flexibility index (Phi) is 7.22. The number of aromatic nitrogens is 3. The topological polar surface area (TPSA) is 72.9 Å². The number of morpholine rings is 1. The summed E-state index contributed by atoms with van der Waals surface area (Å²) >= 11 is 0. The van der Waals surface area contributed by atoms with Crippen molar-refractivity contribution in [2.75, 3.05) is 55.7 Å². The zero-order chi connectivity index (χ0) is 28.6. The van der Waals surface area contributed by atoms with E-state index in [2.05, 4.69) is 26.9 Å². The average Bonchev–Trinajstić information content (AvgIpc) is 3.70. The van der Waals surface area contributed by atoms with Crippen LogP contribution in [0.1, 0.15) is 42.9 Å². The molecule has 0 N–H and O–H groups in total. The molecule has 3 aliphatic heterocycles. The summed E-state index contributed by atoms with van der Waals surface area (Å²) in [5.41, 5.74) is 4.37. The number of benzene rings is 2. The number of ether oxygens (including phenoxy) is 1. The molecular weight excluding hydrogens is 536 g/mol. The van der Waals surface area contributed by atoms with Gasteiger partial charge in [0.1, 0.15) is 23.5 Å². The maximum Gasteiger partial charge on any atom is 0.154 e. The molecule has 42 heavy (non-hydrogen) atoms. The Morgan fingerprint density at radius 1 is 0.905 bits per heavy atom. The van der Waals surface area contributed by atoms with Gasteiger partial charge >= 0.3 is 0 Å². The Morgan fingerprint density at radius 2 is 1.74 bits per heavy atom. The molecule has 3 saturated heterocycles. The molecule has 1 unspecified atom stereocenters. The molecule has 4 aromatic rings. The van der Waals surface area contributed by atoms with Crippen LogP contribution in [0.2, 0.25) is 0 Å². The SMILES string of the molecule is N#Cc1ccc(-c2cnc3ccc(N4CCCC4c4cc(F)ccc4F)nn23)cc1N1CCC(N2CCOCC2)CC1. The minimum atomic E-state index is -0.444. The first-order valence-electron chi connectivity index (χ1n) is 14.8. The number of anilines is 2. The smallest absolute Gasteiger partial charge is 0.154 e. The van der Waals surface area contributed by atoms with Crippen LogP contribution >= 0.6 is 0 Å². The molecule has 5 heterocycles. The molecule has 7 rings (SSSR count). The van der Waals surface area contributed by atoms with Gasteiger partial charge in [-0.25, -0.2) is 18.3 Å². The molecule has 10 heteroatoms. The van der Waals surface area contributed by atoms with E-state index in [1.807, 2.05) is 33.7 Å². The number of fused-ring (bicyclic) bond motifs is 1. The average molecular weight is 570 g/mol. The second kappa shape index (κ2) is 11.3. The van der Waals surface area contributed by atoms with E-state index in [9.17, 15) is 14.0 Å². The van der Waals surface area contributed by atoms with Gasteiger partial charge in [0.15, 0.2) is 5.65 Å². The van der Waals surface area contributed by atoms with Crippen LogP contribution in [-0.4, -0.2) is 71.5 Å². The Morgan fingerprint density at radius 3 is 2.55 bits per heavy atom. The molecule has 0 spiro atoms. The van der Waals surface area contributed by atoms with Crippen molar-refractivity contribution in [2.24, 2.45) is 0 Å². The highest BCUT2D eigenvalue weighted by Gasteiger charge is 2.31. The fraction of sp³-hybridized carbons (Fsp3) is 0.406. The molecule has 0 bridgehead atoms. The Balaban J connectivity index is 1.17. The summed E-state index contributed by atoms with van der Waals surface area (Å²) in [5.74, 6) is -0.163. The Hall–Kier alpha value is -4.07. The van der Waals surface area contributed by atoms with E-state index in [0.717, 1.165) is 88.1 Å². The molecule has 3 aliphatic rings. The molecule has 0 amide bonds. The minimum absolute atomic E-state index is 0.292. The summed E-state index contributed by atoms with van der Waals surface area (Å²) in [5, 5.41) is 14.9. The molecular formula is C32H33F2N7O. The molecule has 8 nitrogen and oxygen atoms in total. The molecule has 216 valence electrons. The number of hydrogen-bond donors (Lipinski definition) is 0. The van der Waals surface area contributed by atoms with Gasteiger partial charge in [0.05, 0.1) is 42.4 Å². The van der Waals surface area contributed by atoms with Crippen molar-refractivity contribution in [1.82, 2.24) is 19.5 Å². The third-order valence-corrected chi connectivity index (χ3v) is 8.99. The second-order valence-electron chi connectivity index (χ2n) is 11.3. The summed E-state index contributed by atoms with van der Waals surface area (Å²) in [6.07, 6.45) is 5.49. The van der Waals surface area contributed by atoms with E-state index in [4.69, 9.17) is 9.84 Å². The third-order valence-electron chi connectivity index (χ3n) is 8.99. The molecule has 0 saturated carbocycles. The minimum Gasteiger partial charge on any atom is -0.379 e. The van der Waals surface area contributed by atoms with E-state index >= 15 is 0 Å². The lowest BCUT2D eigenvalue weighted by molar-refractivity contribution is 0.0115. The molecule has 0 radical (unpaired) electrons. The largest absolute Gasteiger partial charge is 0.379 e. The first-order valence-corrected chi connectivity index (χ1v) is 14.8. The molecule has 2 aromatic carbocycles. The third kappa shape index (κ3) is 4.97. The van der Waals surface area contributed by atoms with E-state index in [-0.39, 0.29) is 6.04 Å². The summed E-state index contributed by atoms with van der Waals surface area (Å²) in [6, 6.07) is 16.0. The number of hydrogen-bond acceptors (Lipinski definition) is 7. The highest BCUT2D eigenvalue weighted by molar-refractivity contribution is 5.72. The summed E-state index contributed by atoms with van der Waals surface area (Å²) in [4.78, 5) is 11.5. The first kappa shape index (κ1) is 26.8. The van der Waals surface area contributed by atoms with Crippen LogP contribution in [0.25, 0.3) is 16.9 Å². The van der Waals surface area contributed by atoms with Gasteiger partial charge in [0.2, 0.25) is 0 Å². The normalized spacial score (nSPS) is 20.4. The first-order chi connectivity index (χ1) is 20.6. The van der Waals surface area contributed by atoms with Crippen LogP contribution in [0.5, 0.6) is 0 Å². The van der Waals surface area contributed by atoms with Gasteiger partial charge in [-0.3, -0.25) is 4.90 Å². The highest BCUT2D eigenvalue weighted by atomic mass is 19.1. The van der Waals surface area contributed by atoms with Crippen molar-refractivity contribution in [3.05, 3.63) is 77.5 Å². The standard InChI is InChI=1S/C32H33F2N7O/c33-24-5-6-27(34)26(19-24)28-2-1-11-40(28)32-8-7-31-36-21-30(41(31)37-32)22-3-4-23(20-35)29(18-22)39-12-9-25(10-13-39)38-14-16-42-17-15-38/h3-8,18-19,21,25,28H,1-2,9-17H2. The van der Waals surface area contributed by atoms with Crippen LogP contribution in [0.4, 0.5) is 20.3 Å². The number of nitrogens with zero attached hydrogens (tertiary/aromatic N) is 7. The summed E-state index contributed by atoms with van der Waals surface area (Å²) in [7, 11) is 0. The van der Waals surface area contributed by atoms with E-state index < -0.39 is 11.6 Å².